The number of rotatable bonds is 3. The van der Waals surface area contributed by atoms with Crippen LogP contribution in [0.15, 0.2) is 42.5 Å². The number of carbonyl (C=O) groups is 1. The van der Waals surface area contributed by atoms with Gasteiger partial charge in [0.15, 0.2) is 10.9 Å². The van der Waals surface area contributed by atoms with E-state index in [0.29, 0.717) is 16.5 Å². The van der Waals surface area contributed by atoms with Crippen molar-refractivity contribution in [3.05, 3.63) is 53.7 Å². The lowest BCUT2D eigenvalue weighted by Gasteiger charge is -2.10. The molecule has 0 radical (unpaired) electrons. The maximum absolute atomic E-state index is 11.2. The molecule has 2 N–H and O–H groups in total. The van der Waals surface area contributed by atoms with Crippen molar-refractivity contribution in [2.24, 2.45) is 0 Å². The maximum Gasteiger partial charge on any atom is 0.176 e. The molecule has 2 aromatic rings. The summed E-state index contributed by atoms with van der Waals surface area (Å²) in [5, 5.41) is 6.51. The van der Waals surface area contributed by atoms with E-state index in [2.05, 4.69) is 15.6 Å². The van der Waals surface area contributed by atoms with Crippen LogP contribution in [-0.2, 0) is 0 Å². The van der Waals surface area contributed by atoms with E-state index in [1.807, 2.05) is 37.3 Å². The number of nitrogens with zero attached hydrogens (tertiary/aromatic N) is 1. The molecule has 0 spiro atoms. The number of carbonyl (C=O) groups excluding carboxylic acids is 1. The van der Waals surface area contributed by atoms with Crippen molar-refractivity contribution in [1.82, 2.24) is 4.98 Å². The molecule has 0 bridgehead atoms. The lowest BCUT2D eigenvalue weighted by molar-refractivity contribution is 0.101. The van der Waals surface area contributed by atoms with Gasteiger partial charge in [0.1, 0.15) is 5.82 Å². The van der Waals surface area contributed by atoms with Gasteiger partial charge in [-0.15, -0.1) is 0 Å². The molecule has 0 aliphatic heterocycles. The van der Waals surface area contributed by atoms with Gasteiger partial charge in [-0.05, 0) is 62.5 Å². The minimum Gasteiger partial charge on any atom is -0.332 e. The maximum atomic E-state index is 11.2. The zero-order chi connectivity index (χ0) is 14.5. The van der Waals surface area contributed by atoms with E-state index < -0.39 is 0 Å². The minimum atomic E-state index is 0.0428. The van der Waals surface area contributed by atoms with Crippen molar-refractivity contribution in [2.45, 2.75) is 13.8 Å². The summed E-state index contributed by atoms with van der Waals surface area (Å²) in [6.07, 6.45) is 0. The Kier molecular flexibility index (Phi) is 4.42. The van der Waals surface area contributed by atoms with Gasteiger partial charge < -0.3 is 10.6 Å². The summed E-state index contributed by atoms with van der Waals surface area (Å²) >= 11 is 5.22. The van der Waals surface area contributed by atoms with E-state index in [-0.39, 0.29) is 5.78 Å². The van der Waals surface area contributed by atoms with Gasteiger partial charge in [-0.2, -0.15) is 0 Å². The molecule has 0 fully saturated rings. The SMILES string of the molecule is CC(=O)c1ccc(NC(=S)Nc2cccc(C)n2)cc1. The summed E-state index contributed by atoms with van der Waals surface area (Å²) in [5.41, 5.74) is 2.42. The topological polar surface area (TPSA) is 54.0 Å². The molecule has 0 saturated carbocycles. The largest absolute Gasteiger partial charge is 0.332 e. The number of anilines is 2. The van der Waals surface area contributed by atoms with Gasteiger partial charge in [-0.1, -0.05) is 6.07 Å². The molecule has 1 aromatic carbocycles. The lowest BCUT2D eigenvalue weighted by Crippen LogP contribution is -2.19. The second-order valence-electron chi connectivity index (χ2n) is 4.38. The van der Waals surface area contributed by atoms with Crippen LogP contribution in [0.3, 0.4) is 0 Å². The standard InChI is InChI=1S/C15H15N3OS/c1-10-4-3-5-14(16-10)18-15(20)17-13-8-6-12(7-9-13)11(2)19/h3-9H,1-2H3,(H2,16,17,18,20). The summed E-state index contributed by atoms with van der Waals surface area (Å²) in [7, 11) is 0. The molecule has 1 aromatic heterocycles. The van der Waals surface area contributed by atoms with Crippen molar-refractivity contribution in [3.63, 3.8) is 0 Å². The van der Waals surface area contributed by atoms with Crippen LogP contribution < -0.4 is 10.6 Å². The molecular formula is C15H15N3OS. The van der Waals surface area contributed by atoms with Gasteiger partial charge >= 0.3 is 0 Å². The van der Waals surface area contributed by atoms with Crippen molar-refractivity contribution >= 4 is 34.6 Å². The normalized spacial score (nSPS) is 9.90. The first-order valence-corrected chi connectivity index (χ1v) is 6.58. The average molecular weight is 285 g/mol. The number of nitrogens with one attached hydrogen (secondary N) is 2. The van der Waals surface area contributed by atoms with Crippen molar-refractivity contribution in [2.75, 3.05) is 10.6 Å². The van der Waals surface area contributed by atoms with Gasteiger partial charge in [0, 0.05) is 16.9 Å². The van der Waals surface area contributed by atoms with Crippen molar-refractivity contribution in [1.29, 1.82) is 0 Å². The third-order valence-electron chi connectivity index (χ3n) is 2.68. The van der Waals surface area contributed by atoms with Gasteiger partial charge in [0.25, 0.3) is 0 Å². The lowest BCUT2D eigenvalue weighted by atomic mass is 10.1. The summed E-state index contributed by atoms with van der Waals surface area (Å²) in [6.45, 7) is 3.46. The fourth-order valence-electron chi connectivity index (χ4n) is 1.68. The molecule has 4 nitrogen and oxygen atoms in total. The van der Waals surface area contributed by atoms with E-state index in [1.54, 1.807) is 12.1 Å². The Morgan fingerprint density at radius 1 is 1.10 bits per heavy atom. The van der Waals surface area contributed by atoms with Crippen LogP contribution in [0.1, 0.15) is 23.0 Å². The third-order valence-corrected chi connectivity index (χ3v) is 2.88. The third kappa shape index (κ3) is 3.86. The molecule has 5 heteroatoms. The zero-order valence-corrected chi connectivity index (χ0v) is 12.1. The summed E-state index contributed by atoms with van der Waals surface area (Å²) in [5.74, 6) is 0.740. The zero-order valence-electron chi connectivity index (χ0n) is 11.3. The molecule has 0 unspecified atom stereocenters. The number of ketones is 1. The Balaban J connectivity index is 1.99. The highest BCUT2D eigenvalue weighted by Crippen LogP contribution is 2.11. The van der Waals surface area contributed by atoms with E-state index in [9.17, 15) is 4.79 Å². The number of pyridine rings is 1. The van der Waals surface area contributed by atoms with Crippen LogP contribution in [-0.4, -0.2) is 15.9 Å². The number of benzene rings is 1. The number of Topliss-reactive ketones (excluding diaryl/α,β-unsaturated/α-hetero) is 1. The fraction of sp³-hybridized carbons (Fsp3) is 0.133. The number of hydrogen-bond acceptors (Lipinski definition) is 3. The van der Waals surface area contributed by atoms with Gasteiger partial charge in [0.2, 0.25) is 0 Å². The van der Waals surface area contributed by atoms with Crippen molar-refractivity contribution in [3.8, 4) is 0 Å². The Labute approximate surface area is 123 Å². The second-order valence-corrected chi connectivity index (χ2v) is 4.79. The van der Waals surface area contributed by atoms with Crippen LogP contribution >= 0.6 is 12.2 Å². The summed E-state index contributed by atoms with van der Waals surface area (Å²) < 4.78 is 0. The average Bonchev–Trinajstić information content (AvgIpc) is 2.39. The molecular weight excluding hydrogens is 270 g/mol. The van der Waals surface area contributed by atoms with Gasteiger partial charge in [0.05, 0.1) is 0 Å². The fourth-order valence-corrected chi connectivity index (χ4v) is 1.90. The summed E-state index contributed by atoms with van der Waals surface area (Å²) in [4.78, 5) is 15.5. The molecule has 2 rings (SSSR count). The van der Waals surface area contributed by atoms with Crippen LogP contribution in [0, 0.1) is 6.92 Å². The van der Waals surface area contributed by atoms with Gasteiger partial charge in [-0.3, -0.25) is 4.79 Å². The van der Waals surface area contributed by atoms with E-state index in [0.717, 1.165) is 11.4 Å². The molecule has 0 atom stereocenters. The Hall–Kier alpha value is -2.27. The molecule has 102 valence electrons. The molecule has 0 aliphatic rings. The van der Waals surface area contributed by atoms with E-state index in [1.165, 1.54) is 6.92 Å². The van der Waals surface area contributed by atoms with Crippen LogP contribution in [0.2, 0.25) is 0 Å². The highest BCUT2D eigenvalue weighted by molar-refractivity contribution is 7.80. The van der Waals surface area contributed by atoms with Crippen LogP contribution in [0.5, 0.6) is 0 Å². The highest BCUT2D eigenvalue weighted by atomic mass is 32.1. The highest BCUT2D eigenvalue weighted by Gasteiger charge is 2.02. The number of aryl methyl sites for hydroxylation is 1. The first kappa shape index (κ1) is 14.1. The Morgan fingerprint density at radius 3 is 2.40 bits per heavy atom. The first-order chi connectivity index (χ1) is 9.54. The second kappa shape index (κ2) is 6.25. The molecule has 0 aliphatic carbocycles. The molecule has 0 amide bonds. The van der Waals surface area contributed by atoms with Gasteiger partial charge in [-0.25, -0.2) is 4.98 Å². The predicted octanol–water partition coefficient (Wildman–Crippen LogP) is 3.40. The molecule has 20 heavy (non-hydrogen) atoms. The predicted molar refractivity (Wildman–Crippen MR) is 85.3 cm³/mol. The van der Waals surface area contributed by atoms with Crippen LogP contribution in [0.4, 0.5) is 11.5 Å². The monoisotopic (exact) mass is 285 g/mol. The van der Waals surface area contributed by atoms with Crippen LogP contribution in [0.25, 0.3) is 0 Å². The van der Waals surface area contributed by atoms with Crippen molar-refractivity contribution < 1.29 is 4.79 Å². The quantitative estimate of drug-likeness (QED) is 0.668. The van der Waals surface area contributed by atoms with E-state index >= 15 is 0 Å². The number of thiocarbonyl (C=S) groups is 1. The number of aromatic nitrogens is 1. The molecule has 1 heterocycles. The summed E-state index contributed by atoms with van der Waals surface area (Å²) in [6, 6.07) is 12.8. The Morgan fingerprint density at radius 2 is 1.80 bits per heavy atom. The minimum absolute atomic E-state index is 0.0428. The Bertz CT molecular complexity index is 638. The van der Waals surface area contributed by atoms with E-state index in [4.69, 9.17) is 12.2 Å². The number of hydrogen-bond donors (Lipinski definition) is 2. The smallest absolute Gasteiger partial charge is 0.176 e. The first-order valence-electron chi connectivity index (χ1n) is 6.17. The molecule has 0 saturated heterocycles.